The van der Waals surface area contributed by atoms with Crippen LogP contribution in [0.5, 0.6) is 0 Å². The Balaban J connectivity index is 1.74. The number of methoxy groups -OCH3 is 1. The Bertz CT molecular complexity index is 248. The first-order valence-electron chi connectivity index (χ1n) is 7.26. The van der Waals surface area contributed by atoms with E-state index in [2.05, 4.69) is 5.32 Å². The monoisotopic (exact) mass is 273 g/mol. The molecule has 2 rings (SSSR count). The van der Waals surface area contributed by atoms with Crippen molar-refractivity contribution in [2.45, 2.75) is 50.1 Å². The highest BCUT2D eigenvalue weighted by molar-refractivity contribution is 7.99. The zero-order valence-electron chi connectivity index (χ0n) is 11.5. The fraction of sp³-hybridized carbons (Fsp3) is 1.00. The average Bonchev–Trinajstić information content (AvgIpc) is 3.10. The molecule has 0 heterocycles. The molecule has 0 amide bonds. The van der Waals surface area contributed by atoms with Crippen LogP contribution in [-0.2, 0) is 4.74 Å². The molecule has 3 nitrogen and oxygen atoms in total. The standard InChI is InChI=1S/C14H27NO2S/c1-17-8-10-18-9-6-12-3-2-7-14(12,11-16)15-13-4-5-13/h12-13,15-16H,2-11H2,1H3. The fourth-order valence-corrected chi connectivity index (χ4v) is 4.05. The number of aliphatic hydroxyl groups excluding tert-OH is 1. The Morgan fingerprint density at radius 3 is 2.83 bits per heavy atom. The topological polar surface area (TPSA) is 41.5 Å². The van der Waals surface area contributed by atoms with Gasteiger partial charge in [-0.25, -0.2) is 0 Å². The number of nitrogens with one attached hydrogen (secondary N) is 1. The maximum atomic E-state index is 9.82. The van der Waals surface area contributed by atoms with Crippen LogP contribution >= 0.6 is 11.8 Å². The van der Waals surface area contributed by atoms with Crippen LogP contribution in [0, 0.1) is 5.92 Å². The van der Waals surface area contributed by atoms with E-state index in [1.807, 2.05) is 11.8 Å². The summed E-state index contributed by atoms with van der Waals surface area (Å²) in [6, 6.07) is 0.693. The van der Waals surface area contributed by atoms with Gasteiger partial charge in [-0.15, -0.1) is 0 Å². The van der Waals surface area contributed by atoms with E-state index in [4.69, 9.17) is 4.74 Å². The van der Waals surface area contributed by atoms with Crippen LogP contribution in [0.3, 0.4) is 0 Å². The summed E-state index contributed by atoms with van der Waals surface area (Å²) in [5, 5.41) is 13.5. The molecular weight excluding hydrogens is 246 g/mol. The van der Waals surface area contributed by atoms with Crippen molar-refractivity contribution in [1.82, 2.24) is 5.32 Å². The quantitative estimate of drug-likeness (QED) is 0.631. The van der Waals surface area contributed by atoms with Crippen LogP contribution in [0.25, 0.3) is 0 Å². The van der Waals surface area contributed by atoms with Gasteiger partial charge in [0.1, 0.15) is 0 Å². The van der Waals surface area contributed by atoms with E-state index in [1.165, 1.54) is 37.9 Å². The first-order valence-corrected chi connectivity index (χ1v) is 8.41. The lowest BCUT2D eigenvalue weighted by Gasteiger charge is -2.35. The van der Waals surface area contributed by atoms with Gasteiger partial charge >= 0.3 is 0 Å². The van der Waals surface area contributed by atoms with E-state index >= 15 is 0 Å². The van der Waals surface area contributed by atoms with Gasteiger partial charge in [-0.3, -0.25) is 0 Å². The molecule has 0 saturated heterocycles. The minimum atomic E-state index is 0.0446. The summed E-state index contributed by atoms with van der Waals surface area (Å²) < 4.78 is 5.06. The maximum absolute atomic E-state index is 9.82. The van der Waals surface area contributed by atoms with E-state index in [0.717, 1.165) is 18.8 Å². The van der Waals surface area contributed by atoms with Gasteiger partial charge in [0, 0.05) is 24.4 Å². The third-order valence-electron chi connectivity index (χ3n) is 4.35. The molecule has 0 aromatic rings. The lowest BCUT2D eigenvalue weighted by Crippen LogP contribution is -2.52. The normalized spacial score (nSPS) is 32.0. The Kier molecular flexibility index (Phi) is 5.80. The summed E-state index contributed by atoms with van der Waals surface area (Å²) in [7, 11) is 1.76. The maximum Gasteiger partial charge on any atom is 0.0616 e. The van der Waals surface area contributed by atoms with Crippen molar-refractivity contribution in [2.24, 2.45) is 5.92 Å². The van der Waals surface area contributed by atoms with E-state index in [-0.39, 0.29) is 5.54 Å². The van der Waals surface area contributed by atoms with Crippen molar-refractivity contribution in [2.75, 3.05) is 31.8 Å². The Labute approximate surface area is 115 Å². The number of thioether (sulfide) groups is 1. The number of ether oxygens (including phenoxy) is 1. The molecule has 0 aromatic heterocycles. The summed E-state index contributed by atoms with van der Waals surface area (Å²) >= 11 is 1.98. The van der Waals surface area contributed by atoms with Gasteiger partial charge < -0.3 is 15.2 Å². The molecule has 2 unspecified atom stereocenters. The summed E-state index contributed by atoms with van der Waals surface area (Å²) in [5.74, 6) is 2.95. The van der Waals surface area contributed by atoms with Crippen molar-refractivity contribution in [1.29, 1.82) is 0 Å². The van der Waals surface area contributed by atoms with Crippen molar-refractivity contribution in [3.63, 3.8) is 0 Å². The van der Waals surface area contributed by atoms with Crippen molar-refractivity contribution in [3.8, 4) is 0 Å². The van der Waals surface area contributed by atoms with E-state index in [9.17, 15) is 5.11 Å². The zero-order chi connectivity index (χ0) is 12.8. The molecule has 2 aliphatic rings. The van der Waals surface area contributed by atoms with Gasteiger partial charge in [-0.05, 0) is 43.8 Å². The molecular formula is C14H27NO2S. The second kappa shape index (κ2) is 7.13. The van der Waals surface area contributed by atoms with Gasteiger partial charge in [-0.1, -0.05) is 6.42 Å². The largest absolute Gasteiger partial charge is 0.394 e. The van der Waals surface area contributed by atoms with Crippen LogP contribution < -0.4 is 5.32 Å². The first-order chi connectivity index (χ1) is 8.80. The van der Waals surface area contributed by atoms with Gasteiger partial charge in [0.2, 0.25) is 0 Å². The average molecular weight is 273 g/mol. The highest BCUT2D eigenvalue weighted by Gasteiger charge is 2.44. The molecule has 2 aliphatic carbocycles. The Morgan fingerprint density at radius 1 is 1.33 bits per heavy atom. The zero-order valence-corrected chi connectivity index (χ0v) is 12.3. The first kappa shape index (κ1) is 14.6. The lowest BCUT2D eigenvalue weighted by atomic mass is 9.85. The van der Waals surface area contributed by atoms with Gasteiger partial charge in [-0.2, -0.15) is 11.8 Å². The molecule has 2 fully saturated rings. The Hall–Kier alpha value is 0.230. The van der Waals surface area contributed by atoms with Crippen LogP contribution in [0.2, 0.25) is 0 Å². The molecule has 2 N–H and O–H groups in total. The number of hydrogen-bond donors (Lipinski definition) is 2. The molecule has 2 saturated carbocycles. The molecule has 0 radical (unpaired) electrons. The van der Waals surface area contributed by atoms with Gasteiger partial charge in [0.05, 0.1) is 13.2 Å². The van der Waals surface area contributed by atoms with Crippen LogP contribution in [0.1, 0.15) is 38.5 Å². The SMILES string of the molecule is COCCSCCC1CCCC1(CO)NC1CC1. The molecule has 106 valence electrons. The second-order valence-electron chi connectivity index (χ2n) is 5.72. The number of rotatable bonds is 9. The predicted molar refractivity (Wildman–Crippen MR) is 77.1 cm³/mol. The summed E-state index contributed by atoms with van der Waals surface area (Å²) in [5.41, 5.74) is 0.0446. The third kappa shape index (κ3) is 3.86. The molecule has 18 heavy (non-hydrogen) atoms. The highest BCUT2D eigenvalue weighted by Crippen LogP contribution is 2.40. The van der Waals surface area contributed by atoms with E-state index < -0.39 is 0 Å². The molecule has 0 aromatic carbocycles. The Morgan fingerprint density at radius 2 is 2.17 bits per heavy atom. The summed E-state index contributed by atoms with van der Waals surface area (Å²) in [6.45, 7) is 1.16. The molecule has 0 aliphatic heterocycles. The fourth-order valence-electron chi connectivity index (χ4n) is 3.11. The van der Waals surface area contributed by atoms with Crippen molar-refractivity contribution < 1.29 is 9.84 Å². The molecule has 2 atom stereocenters. The number of hydrogen-bond acceptors (Lipinski definition) is 4. The summed E-state index contributed by atoms with van der Waals surface area (Å²) in [6.07, 6.45) is 7.55. The minimum Gasteiger partial charge on any atom is -0.394 e. The lowest BCUT2D eigenvalue weighted by molar-refractivity contribution is 0.120. The van der Waals surface area contributed by atoms with E-state index in [1.54, 1.807) is 7.11 Å². The third-order valence-corrected chi connectivity index (χ3v) is 5.33. The van der Waals surface area contributed by atoms with Crippen LogP contribution in [0.4, 0.5) is 0 Å². The molecule has 0 spiro atoms. The molecule has 0 bridgehead atoms. The van der Waals surface area contributed by atoms with Crippen molar-refractivity contribution in [3.05, 3.63) is 0 Å². The predicted octanol–water partition coefficient (Wildman–Crippen LogP) is 2.04. The molecule has 4 heteroatoms. The van der Waals surface area contributed by atoms with Gasteiger partial charge in [0.15, 0.2) is 0 Å². The second-order valence-corrected chi connectivity index (χ2v) is 6.94. The van der Waals surface area contributed by atoms with Gasteiger partial charge in [0.25, 0.3) is 0 Å². The smallest absolute Gasteiger partial charge is 0.0616 e. The van der Waals surface area contributed by atoms with Crippen LogP contribution in [0.15, 0.2) is 0 Å². The highest BCUT2D eigenvalue weighted by atomic mass is 32.2. The number of aliphatic hydroxyl groups is 1. The van der Waals surface area contributed by atoms with Crippen molar-refractivity contribution >= 4 is 11.8 Å². The van der Waals surface area contributed by atoms with Crippen LogP contribution in [-0.4, -0.2) is 48.5 Å². The summed E-state index contributed by atoms with van der Waals surface area (Å²) in [4.78, 5) is 0. The minimum absolute atomic E-state index is 0.0446. The van der Waals surface area contributed by atoms with E-state index in [0.29, 0.717) is 18.6 Å².